The molecule has 1 N–H and O–H groups in total. The van der Waals surface area contributed by atoms with Gasteiger partial charge in [-0.05, 0) is 41.7 Å². The molecule has 0 saturated carbocycles. The lowest BCUT2D eigenvalue weighted by atomic mass is 9.85. The maximum absolute atomic E-state index is 6.22. The van der Waals surface area contributed by atoms with Crippen molar-refractivity contribution in [1.29, 1.82) is 0 Å². The average Bonchev–Trinajstić information content (AvgIpc) is 2.53. The molecular weight excluding hydrogens is 278 g/mol. The molecule has 1 nitrogen and oxygen atoms in total. The summed E-state index contributed by atoms with van der Waals surface area (Å²) < 4.78 is 0. The molecule has 0 aromatic heterocycles. The van der Waals surface area contributed by atoms with Crippen LogP contribution in [0.15, 0.2) is 48.5 Å². The monoisotopic (exact) mass is 299 g/mol. The second-order valence-electron chi connectivity index (χ2n) is 5.90. The van der Waals surface area contributed by atoms with Crippen LogP contribution in [0, 0.1) is 0 Å². The standard InChI is InChI=1S/C19H22ClN/c1-2-3-9-17-12-15-10-11-16(20)13-18(15)19(21-17)14-7-5-4-6-8-14/h4-8,10-11,13,17,19,21H,2-3,9,12H2,1H3/t17-,19+/m0/s1. The Morgan fingerprint density at radius 2 is 1.95 bits per heavy atom. The van der Waals surface area contributed by atoms with Crippen LogP contribution in [0.3, 0.4) is 0 Å². The largest absolute Gasteiger partial charge is 0.303 e. The van der Waals surface area contributed by atoms with Crippen molar-refractivity contribution in [1.82, 2.24) is 5.32 Å². The van der Waals surface area contributed by atoms with Crippen LogP contribution in [0.25, 0.3) is 0 Å². The fraction of sp³-hybridized carbons (Fsp3) is 0.368. The van der Waals surface area contributed by atoms with Gasteiger partial charge in [0.05, 0.1) is 6.04 Å². The fourth-order valence-corrected chi connectivity index (χ4v) is 3.41. The molecule has 2 aromatic rings. The second-order valence-corrected chi connectivity index (χ2v) is 6.33. The Hall–Kier alpha value is -1.31. The highest BCUT2D eigenvalue weighted by Gasteiger charge is 2.26. The second kappa shape index (κ2) is 6.64. The van der Waals surface area contributed by atoms with Crippen molar-refractivity contribution in [3.05, 3.63) is 70.2 Å². The van der Waals surface area contributed by atoms with Crippen molar-refractivity contribution in [2.24, 2.45) is 0 Å². The molecule has 0 spiro atoms. The molecule has 0 fully saturated rings. The van der Waals surface area contributed by atoms with E-state index in [4.69, 9.17) is 11.6 Å². The molecule has 2 heteroatoms. The van der Waals surface area contributed by atoms with E-state index in [2.05, 4.69) is 54.7 Å². The summed E-state index contributed by atoms with van der Waals surface area (Å²) in [6.45, 7) is 2.26. The molecule has 3 rings (SSSR count). The summed E-state index contributed by atoms with van der Waals surface area (Å²) in [5.41, 5.74) is 4.09. The van der Waals surface area contributed by atoms with E-state index in [1.165, 1.54) is 36.0 Å². The minimum atomic E-state index is 0.260. The van der Waals surface area contributed by atoms with Gasteiger partial charge in [0.25, 0.3) is 0 Å². The molecule has 2 aromatic carbocycles. The highest BCUT2D eigenvalue weighted by Crippen LogP contribution is 2.33. The molecule has 1 heterocycles. The minimum absolute atomic E-state index is 0.260. The van der Waals surface area contributed by atoms with Gasteiger partial charge in [-0.2, -0.15) is 0 Å². The first-order valence-electron chi connectivity index (χ1n) is 7.87. The van der Waals surface area contributed by atoms with E-state index in [1.54, 1.807) is 0 Å². The average molecular weight is 300 g/mol. The maximum Gasteiger partial charge on any atom is 0.0582 e. The van der Waals surface area contributed by atoms with Gasteiger partial charge in [0.1, 0.15) is 0 Å². The third-order valence-electron chi connectivity index (χ3n) is 4.33. The van der Waals surface area contributed by atoms with Gasteiger partial charge >= 0.3 is 0 Å². The molecule has 0 bridgehead atoms. The highest BCUT2D eigenvalue weighted by atomic mass is 35.5. The third-order valence-corrected chi connectivity index (χ3v) is 4.56. The summed E-state index contributed by atoms with van der Waals surface area (Å²) in [7, 11) is 0. The van der Waals surface area contributed by atoms with Crippen LogP contribution in [0.4, 0.5) is 0 Å². The van der Waals surface area contributed by atoms with E-state index in [-0.39, 0.29) is 6.04 Å². The lowest BCUT2D eigenvalue weighted by Crippen LogP contribution is -2.39. The van der Waals surface area contributed by atoms with Crippen LogP contribution in [-0.4, -0.2) is 6.04 Å². The normalized spacial score (nSPS) is 21.0. The maximum atomic E-state index is 6.22. The molecule has 1 aliphatic heterocycles. The van der Waals surface area contributed by atoms with Crippen molar-refractivity contribution < 1.29 is 0 Å². The van der Waals surface area contributed by atoms with E-state index < -0.39 is 0 Å². The van der Waals surface area contributed by atoms with Crippen LogP contribution in [-0.2, 0) is 6.42 Å². The summed E-state index contributed by atoms with van der Waals surface area (Å²) >= 11 is 6.22. The summed E-state index contributed by atoms with van der Waals surface area (Å²) in [4.78, 5) is 0. The van der Waals surface area contributed by atoms with Crippen molar-refractivity contribution >= 4 is 11.6 Å². The quantitative estimate of drug-likeness (QED) is 0.825. The Bertz CT molecular complexity index is 594. The van der Waals surface area contributed by atoms with Gasteiger partial charge in [-0.3, -0.25) is 0 Å². The Kier molecular flexibility index (Phi) is 4.62. The SMILES string of the molecule is CCCC[C@H]1Cc2ccc(Cl)cc2[C@@H](c2ccccc2)N1. The zero-order valence-electron chi connectivity index (χ0n) is 12.5. The third kappa shape index (κ3) is 3.30. The molecule has 2 atom stereocenters. The molecule has 21 heavy (non-hydrogen) atoms. The van der Waals surface area contributed by atoms with Gasteiger partial charge in [-0.15, -0.1) is 0 Å². The lowest BCUT2D eigenvalue weighted by molar-refractivity contribution is 0.405. The Balaban J connectivity index is 1.95. The summed E-state index contributed by atoms with van der Waals surface area (Å²) in [6.07, 6.45) is 4.88. The molecule has 110 valence electrons. The molecule has 0 amide bonds. The topological polar surface area (TPSA) is 12.0 Å². The Labute approximate surface area is 132 Å². The fourth-order valence-electron chi connectivity index (χ4n) is 3.23. The van der Waals surface area contributed by atoms with Crippen molar-refractivity contribution in [3.63, 3.8) is 0 Å². The van der Waals surface area contributed by atoms with Crippen LogP contribution in [0.1, 0.15) is 48.9 Å². The summed E-state index contributed by atoms with van der Waals surface area (Å²) in [5.74, 6) is 0. The number of halogens is 1. The molecular formula is C19H22ClN. The molecule has 0 unspecified atom stereocenters. The van der Waals surface area contributed by atoms with Gasteiger partial charge < -0.3 is 5.32 Å². The number of unbranched alkanes of at least 4 members (excludes halogenated alkanes) is 1. The first-order chi connectivity index (χ1) is 10.3. The summed E-state index contributed by atoms with van der Waals surface area (Å²) in [6, 6.07) is 17.8. The first-order valence-corrected chi connectivity index (χ1v) is 8.25. The lowest BCUT2D eigenvalue weighted by Gasteiger charge is -2.34. The van der Waals surface area contributed by atoms with Crippen LogP contribution < -0.4 is 5.32 Å². The Morgan fingerprint density at radius 3 is 2.71 bits per heavy atom. The van der Waals surface area contributed by atoms with Crippen LogP contribution >= 0.6 is 11.6 Å². The van der Waals surface area contributed by atoms with E-state index in [1.807, 2.05) is 6.07 Å². The van der Waals surface area contributed by atoms with E-state index >= 15 is 0 Å². The molecule has 0 saturated heterocycles. The van der Waals surface area contributed by atoms with Gasteiger partial charge in [0.15, 0.2) is 0 Å². The van der Waals surface area contributed by atoms with E-state index in [9.17, 15) is 0 Å². The van der Waals surface area contributed by atoms with Crippen LogP contribution in [0.5, 0.6) is 0 Å². The van der Waals surface area contributed by atoms with Gasteiger partial charge in [0, 0.05) is 11.1 Å². The van der Waals surface area contributed by atoms with E-state index in [0.717, 1.165) is 11.4 Å². The molecule has 0 aliphatic carbocycles. The number of rotatable bonds is 4. The van der Waals surface area contributed by atoms with Crippen molar-refractivity contribution in [3.8, 4) is 0 Å². The zero-order valence-corrected chi connectivity index (χ0v) is 13.2. The molecule has 0 radical (unpaired) electrons. The number of fused-ring (bicyclic) bond motifs is 1. The number of hydrogen-bond donors (Lipinski definition) is 1. The van der Waals surface area contributed by atoms with Gasteiger partial charge in [-0.25, -0.2) is 0 Å². The van der Waals surface area contributed by atoms with Crippen molar-refractivity contribution in [2.45, 2.75) is 44.7 Å². The van der Waals surface area contributed by atoms with Crippen molar-refractivity contribution in [2.75, 3.05) is 0 Å². The van der Waals surface area contributed by atoms with Crippen LogP contribution in [0.2, 0.25) is 5.02 Å². The highest BCUT2D eigenvalue weighted by molar-refractivity contribution is 6.30. The first kappa shape index (κ1) is 14.6. The number of hydrogen-bond acceptors (Lipinski definition) is 1. The van der Waals surface area contributed by atoms with Gasteiger partial charge in [0.2, 0.25) is 0 Å². The number of benzene rings is 2. The summed E-state index contributed by atoms with van der Waals surface area (Å²) in [5, 5.41) is 4.65. The predicted octanol–water partition coefficient (Wildman–Crippen LogP) is 5.13. The predicted molar refractivity (Wildman–Crippen MR) is 89.9 cm³/mol. The van der Waals surface area contributed by atoms with E-state index in [0.29, 0.717) is 6.04 Å². The minimum Gasteiger partial charge on any atom is -0.303 e. The van der Waals surface area contributed by atoms with Gasteiger partial charge in [-0.1, -0.05) is 67.8 Å². The zero-order chi connectivity index (χ0) is 14.7. The smallest absolute Gasteiger partial charge is 0.0582 e. The number of nitrogens with one attached hydrogen (secondary N) is 1. The Morgan fingerprint density at radius 1 is 1.14 bits per heavy atom. The molecule has 1 aliphatic rings.